The first-order valence-corrected chi connectivity index (χ1v) is 19.6. The van der Waals surface area contributed by atoms with Crippen LogP contribution < -0.4 is 4.90 Å². The van der Waals surface area contributed by atoms with Gasteiger partial charge in [-0.3, -0.25) is 4.98 Å². The molecule has 55 heavy (non-hydrogen) atoms. The predicted octanol–water partition coefficient (Wildman–Crippen LogP) is 14.1. The Kier molecular flexibility index (Phi) is 7.29. The van der Waals surface area contributed by atoms with Crippen molar-refractivity contribution in [2.75, 3.05) is 4.90 Å². The molecule has 10 aromatic rings. The Balaban J connectivity index is 1.24. The highest BCUT2D eigenvalue weighted by Gasteiger charge is 2.46. The lowest BCUT2D eigenvalue weighted by Crippen LogP contribution is -2.28. The Morgan fingerprint density at radius 2 is 1.11 bits per heavy atom. The van der Waals surface area contributed by atoms with E-state index in [1.807, 2.05) is 23.7 Å². The van der Waals surface area contributed by atoms with Gasteiger partial charge >= 0.3 is 0 Å². The summed E-state index contributed by atoms with van der Waals surface area (Å²) in [5.41, 5.74) is 12.9. The number of hydrogen-bond donors (Lipinski definition) is 0. The second-order valence-corrected chi connectivity index (χ2v) is 15.4. The first-order valence-electron chi connectivity index (χ1n) is 18.8. The highest BCUT2D eigenvalue weighted by Crippen LogP contribution is 2.58. The molecule has 0 atom stereocenters. The summed E-state index contributed by atoms with van der Waals surface area (Å²) in [5, 5.41) is 4.86. The quantitative estimate of drug-likeness (QED) is 0.170. The van der Waals surface area contributed by atoms with Crippen LogP contribution in [0.2, 0.25) is 0 Å². The van der Waals surface area contributed by atoms with Gasteiger partial charge in [0.15, 0.2) is 0 Å². The van der Waals surface area contributed by atoms with Crippen molar-refractivity contribution in [1.82, 2.24) is 4.98 Å². The van der Waals surface area contributed by atoms with Crippen LogP contribution in [0.1, 0.15) is 22.3 Å². The minimum Gasteiger partial charge on any atom is -0.309 e. The second kappa shape index (κ2) is 12.7. The molecule has 0 saturated heterocycles. The highest BCUT2D eigenvalue weighted by atomic mass is 32.1. The Bertz CT molecular complexity index is 3000. The van der Waals surface area contributed by atoms with Crippen molar-refractivity contribution in [1.29, 1.82) is 0 Å². The van der Waals surface area contributed by atoms with E-state index in [2.05, 4.69) is 204 Å². The summed E-state index contributed by atoms with van der Waals surface area (Å²) in [4.78, 5) is 6.94. The van der Waals surface area contributed by atoms with Gasteiger partial charge in [-0.05, 0) is 92.9 Å². The van der Waals surface area contributed by atoms with Crippen LogP contribution in [0.3, 0.4) is 0 Å². The number of fused-ring (bicyclic) bond motifs is 7. The van der Waals surface area contributed by atoms with Crippen molar-refractivity contribution in [3.05, 3.63) is 229 Å². The van der Waals surface area contributed by atoms with Gasteiger partial charge in [0.1, 0.15) is 0 Å². The number of anilines is 3. The lowest BCUT2D eigenvalue weighted by molar-refractivity contribution is 0.768. The first kappa shape index (κ1) is 31.7. The SMILES string of the molecule is c1ccc(-c2ccccc2N(c2ccc3c(c2)C(c2ccccc2)(c2ccccc2)c2ccccc2-3)c2cccc3sc4cc5cnccc5cc4c23)cc1. The maximum absolute atomic E-state index is 4.43. The van der Waals surface area contributed by atoms with Crippen LogP contribution in [0.25, 0.3) is 53.2 Å². The molecule has 8 aromatic carbocycles. The molecule has 0 spiro atoms. The molecule has 0 radical (unpaired) electrons. The van der Waals surface area contributed by atoms with Crippen molar-refractivity contribution in [2.24, 2.45) is 0 Å². The van der Waals surface area contributed by atoms with Gasteiger partial charge in [-0.15, -0.1) is 11.3 Å². The van der Waals surface area contributed by atoms with E-state index in [1.165, 1.54) is 70.1 Å². The zero-order valence-corrected chi connectivity index (χ0v) is 30.7. The van der Waals surface area contributed by atoms with E-state index in [9.17, 15) is 0 Å². The van der Waals surface area contributed by atoms with Gasteiger partial charge in [-0.25, -0.2) is 0 Å². The smallest absolute Gasteiger partial charge is 0.0714 e. The summed E-state index contributed by atoms with van der Waals surface area (Å²) >= 11 is 1.85. The number of pyridine rings is 1. The van der Waals surface area contributed by atoms with Crippen molar-refractivity contribution in [3.8, 4) is 22.3 Å². The number of aromatic nitrogens is 1. The Morgan fingerprint density at radius 1 is 0.455 bits per heavy atom. The average Bonchev–Trinajstić information content (AvgIpc) is 3.77. The molecular formula is C52H34N2S. The van der Waals surface area contributed by atoms with E-state index in [1.54, 1.807) is 0 Å². The van der Waals surface area contributed by atoms with E-state index in [0.717, 1.165) is 22.4 Å². The molecule has 0 saturated carbocycles. The summed E-state index contributed by atoms with van der Waals surface area (Å²) in [6.07, 6.45) is 3.86. The lowest BCUT2D eigenvalue weighted by Gasteiger charge is -2.35. The highest BCUT2D eigenvalue weighted by molar-refractivity contribution is 7.26. The van der Waals surface area contributed by atoms with Crippen LogP contribution in [0.5, 0.6) is 0 Å². The normalized spacial score (nSPS) is 12.9. The largest absolute Gasteiger partial charge is 0.309 e. The number of nitrogens with zero attached hydrogens (tertiary/aromatic N) is 2. The van der Waals surface area contributed by atoms with E-state index in [0.29, 0.717) is 0 Å². The van der Waals surface area contributed by atoms with Crippen LogP contribution in [0, 0.1) is 0 Å². The van der Waals surface area contributed by atoms with Crippen LogP contribution >= 0.6 is 11.3 Å². The zero-order valence-electron chi connectivity index (χ0n) is 29.9. The molecule has 2 aromatic heterocycles. The number of benzene rings is 8. The standard InChI is InChI=1S/C52H34N2S/c1-4-15-35(16-5-1)41-21-11-13-24-47(41)54(48-25-14-26-49-51(48)44-31-36-29-30-53-34-37(36)32-50(44)55-49)40-27-28-43-42-22-10-12-23-45(42)52(46(43)33-40,38-17-6-2-7-18-38)39-19-8-3-9-20-39/h1-34H. The van der Waals surface area contributed by atoms with Gasteiger partial charge < -0.3 is 4.90 Å². The van der Waals surface area contributed by atoms with Gasteiger partial charge in [0, 0.05) is 49.2 Å². The molecule has 11 rings (SSSR count). The number of hydrogen-bond acceptors (Lipinski definition) is 3. The molecule has 0 bridgehead atoms. The summed E-state index contributed by atoms with van der Waals surface area (Å²) in [6.45, 7) is 0. The zero-order chi connectivity index (χ0) is 36.3. The van der Waals surface area contributed by atoms with Crippen molar-refractivity contribution < 1.29 is 0 Å². The summed E-state index contributed by atoms with van der Waals surface area (Å²) < 4.78 is 2.52. The molecule has 1 aliphatic carbocycles. The second-order valence-electron chi connectivity index (χ2n) is 14.3. The molecule has 0 fully saturated rings. The summed E-state index contributed by atoms with van der Waals surface area (Å²) in [6, 6.07) is 71.5. The van der Waals surface area contributed by atoms with Gasteiger partial charge in [0.25, 0.3) is 0 Å². The Labute approximate surface area is 324 Å². The Hall–Kier alpha value is -6.81. The third-order valence-corrected chi connectivity index (χ3v) is 12.5. The maximum Gasteiger partial charge on any atom is 0.0714 e. The molecule has 3 heteroatoms. The Morgan fingerprint density at radius 3 is 1.89 bits per heavy atom. The molecule has 1 aliphatic rings. The summed E-state index contributed by atoms with van der Waals surface area (Å²) in [7, 11) is 0. The van der Waals surface area contributed by atoms with E-state index in [-0.39, 0.29) is 0 Å². The van der Waals surface area contributed by atoms with E-state index < -0.39 is 5.41 Å². The molecule has 258 valence electrons. The maximum atomic E-state index is 4.43. The molecular weight excluding hydrogens is 685 g/mol. The number of rotatable bonds is 6. The molecule has 0 aliphatic heterocycles. The molecule has 2 heterocycles. The van der Waals surface area contributed by atoms with Gasteiger partial charge in [-0.1, -0.05) is 146 Å². The van der Waals surface area contributed by atoms with Gasteiger partial charge in [-0.2, -0.15) is 0 Å². The van der Waals surface area contributed by atoms with Crippen molar-refractivity contribution >= 4 is 59.3 Å². The van der Waals surface area contributed by atoms with Crippen LogP contribution in [-0.4, -0.2) is 4.98 Å². The van der Waals surface area contributed by atoms with Crippen molar-refractivity contribution in [2.45, 2.75) is 5.41 Å². The lowest BCUT2D eigenvalue weighted by atomic mass is 9.67. The van der Waals surface area contributed by atoms with E-state index in [4.69, 9.17) is 0 Å². The number of para-hydroxylation sites is 1. The van der Waals surface area contributed by atoms with Gasteiger partial charge in [0.2, 0.25) is 0 Å². The van der Waals surface area contributed by atoms with Crippen LogP contribution in [0.15, 0.2) is 207 Å². The fourth-order valence-corrected chi connectivity index (χ4v) is 10.2. The topological polar surface area (TPSA) is 16.1 Å². The third kappa shape index (κ3) is 4.83. The fourth-order valence-electron chi connectivity index (χ4n) is 9.08. The fraction of sp³-hybridized carbons (Fsp3) is 0.0192. The molecule has 2 nitrogen and oxygen atoms in total. The first-order chi connectivity index (χ1) is 27.3. The predicted molar refractivity (Wildman–Crippen MR) is 232 cm³/mol. The summed E-state index contributed by atoms with van der Waals surface area (Å²) in [5.74, 6) is 0. The molecule has 0 amide bonds. The molecule has 0 N–H and O–H groups in total. The third-order valence-electron chi connectivity index (χ3n) is 11.4. The van der Waals surface area contributed by atoms with E-state index >= 15 is 0 Å². The van der Waals surface area contributed by atoms with Crippen molar-refractivity contribution in [3.63, 3.8) is 0 Å². The van der Waals surface area contributed by atoms with Crippen LogP contribution in [-0.2, 0) is 5.41 Å². The minimum atomic E-state index is -0.511. The number of thiophene rings is 1. The average molecular weight is 719 g/mol. The van der Waals surface area contributed by atoms with Gasteiger partial charge in [0.05, 0.1) is 16.8 Å². The molecule has 0 unspecified atom stereocenters. The van der Waals surface area contributed by atoms with Crippen LogP contribution in [0.4, 0.5) is 17.1 Å². The minimum absolute atomic E-state index is 0.511. The monoisotopic (exact) mass is 718 g/mol.